The Morgan fingerprint density at radius 3 is 2.37 bits per heavy atom. The van der Waals surface area contributed by atoms with Crippen LogP contribution < -0.4 is 14.8 Å². The van der Waals surface area contributed by atoms with Crippen LogP contribution in [0.15, 0.2) is 54.7 Å². The molecule has 0 saturated heterocycles. The van der Waals surface area contributed by atoms with Gasteiger partial charge in [0.05, 0.1) is 26.5 Å². The summed E-state index contributed by atoms with van der Waals surface area (Å²) in [5.41, 5.74) is 2.28. The van der Waals surface area contributed by atoms with Gasteiger partial charge in [0.15, 0.2) is 0 Å². The predicted octanol–water partition coefficient (Wildman–Crippen LogP) is 3.63. The second-order valence-corrected chi connectivity index (χ2v) is 8.21. The lowest BCUT2D eigenvalue weighted by atomic mass is 10.1. The number of anilines is 1. The van der Waals surface area contributed by atoms with E-state index in [0.717, 1.165) is 11.3 Å². The maximum Gasteiger partial charge on any atom is 0.246 e. The Balaban J connectivity index is 1.92. The number of methoxy groups -OCH3 is 3. The van der Waals surface area contributed by atoms with Gasteiger partial charge in [-0.05, 0) is 36.4 Å². The molecule has 2 aromatic carbocycles. The first-order valence-corrected chi connectivity index (χ1v) is 11.3. The van der Waals surface area contributed by atoms with Crippen molar-refractivity contribution in [2.24, 2.45) is 5.92 Å². The van der Waals surface area contributed by atoms with Gasteiger partial charge in [-0.2, -0.15) is 0 Å². The SMILES string of the molecule is COCCN(CC(=O)Nc1nc(-c2cccc(OC)c2)cn1-c1ccc(OC)cc1)C(=O)C(C)C. The third kappa shape index (κ3) is 6.60. The molecule has 3 aromatic rings. The first kappa shape index (κ1) is 25.8. The van der Waals surface area contributed by atoms with E-state index in [2.05, 4.69) is 10.3 Å². The molecule has 2 amide bonds. The number of rotatable bonds is 11. The van der Waals surface area contributed by atoms with Crippen molar-refractivity contribution in [1.29, 1.82) is 0 Å². The number of carbonyl (C=O) groups excluding carboxylic acids is 2. The standard InChI is InChI=1S/C26H32N4O5/c1-18(2)25(32)29(13-14-33-3)17-24(31)28-26-27-23(19-7-6-8-22(15-19)35-5)16-30(26)20-9-11-21(34-4)12-10-20/h6-12,15-16,18H,13-14,17H2,1-5H3,(H,27,28,31). The van der Waals surface area contributed by atoms with Crippen molar-refractivity contribution < 1.29 is 23.8 Å². The van der Waals surface area contributed by atoms with Gasteiger partial charge in [-0.25, -0.2) is 4.98 Å². The quantitative estimate of drug-likeness (QED) is 0.450. The van der Waals surface area contributed by atoms with Gasteiger partial charge in [0.25, 0.3) is 0 Å². The second-order valence-electron chi connectivity index (χ2n) is 8.21. The molecule has 9 heteroatoms. The zero-order valence-electron chi connectivity index (χ0n) is 20.8. The number of benzene rings is 2. The Bertz CT molecular complexity index is 1140. The Kier molecular flexibility index (Phi) is 8.86. The van der Waals surface area contributed by atoms with E-state index in [9.17, 15) is 9.59 Å². The van der Waals surface area contributed by atoms with E-state index >= 15 is 0 Å². The van der Waals surface area contributed by atoms with Crippen molar-refractivity contribution in [2.75, 3.05) is 46.3 Å². The number of amides is 2. The largest absolute Gasteiger partial charge is 0.497 e. The number of aromatic nitrogens is 2. The number of nitrogens with zero attached hydrogens (tertiary/aromatic N) is 3. The van der Waals surface area contributed by atoms with Crippen molar-refractivity contribution >= 4 is 17.8 Å². The second kappa shape index (κ2) is 12.0. The molecule has 0 aliphatic carbocycles. The molecule has 1 N–H and O–H groups in total. The van der Waals surface area contributed by atoms with Crippen LogP contribution in [0.3, 0.4) is 0 Å². The molecular weight excluding hydrogens is 448 g/mol. The zero-order valence-corrected chi connectivity index (χ0v) is 20.8. The summed E-state index contributed by atoms with van der Waals surface area (Å²) in [5.74, 6) is 1.05. The first-order valence-electron chi connectivity index (χ1n) is 11.3. The van der Waals surface area contributed by atoms with Crippen LogP contribution in [0.25, 0.3) is 16.9 Å². The molecule has 0 unspecified atom stereocenters. The Hall–Kier alpha value is -3.85. The van der Waals surface area contributed by atoms with E-state index in [-0.39, 0.29) is 24.3 Å². The minimum absolute atomic E-state index is 0.107. The lowest BCUT2D eigenvalue weighted by Crippen LogP contribution is -2.42. The summed E-state index contributed by atoms with van der Waals surface area (Å²) in [5, 5.41) is 2.87. The van der Waals surface area contributed by atoms with E-state index in [0.29, 0.717) is 36.3 Å². The van der Waals surface area contributed by atoms with Crippen LogP contribution in [0.1, 0.15) is 13.8 Å². The molecule has 0 bridgehead atoms. The van der Waals surface area contributed by atoms with Crippen LogP contribution in [0.2, 0.25) is 0 Å². The minimum Gasteiger partial charge on any atom is -0.497 e. The predicted molar refractivity (Wildman–Crippen MR) is 134 cm³/mol. The summed E-state index contributed by atoms with van der Waals surface area (Å²) in [6, 6.07) is 14.9. The van der Waals surface area contributed by atoms with E-state index < -0.39 is 0 Å². The van der Waals surface area contributed by atoms with Crippen molar-refractivity contribution in [3.05, 3.63) is 54.7 Å². The minimum atomic E-state index is -0.354. The smallest absolute Gasteiger partial charge is 0.246 e. The maximum absolute atomic E-state index is 13.0. The van der Waals surface area contributed by atoms with Gasteiger partial charge < -0.3 is 19.1 Å². The number of imidazole rings is 1. The van der Waals surface area contributed by atoms with Crippen molar-refractivity contribution in [1.82, 2.24) is 14.5 Å². The van der Waals surface area contributed by atoms with Gasteiger partial charge in [-0.1, -0.05) is 26.0 Å². The highest BCUT2D eigenvalue weighted by molar-refractivity contribution is 5.94. The van der Waals surface area contributed by atoms with Crippen LogP contribution in [0.4, 0.5) is 5.95 Å². The fourth-order valence-electron chi connectivity index (χ4n) is 3.50. The molecule has 35 heavy (non-hydrogen) atoms. The van der Waals surface area contributed by atoms with Crippen LogP contribution >= 0.6 is 0 Å². The monoisotopic (exact) mass is 480 g/mol. The summed E-state index contributed by atoms with van der Waals surface area (Å²) in [4.78, 5) is 31.8. The highest BCUT2D eigenvalue weighted by Gasteiger charge is 2.21. The van der Waals surface area contributed by atoms with E-state index in [4.69, 9.17) is 14.2 Å². The third-order valence-corrected chi connectivity index (χ3v) is 5.38. The number of hydrogen-bond donors (Lipinski definition) is 1. The molecule has 1 heterocycles. The van der Waals surface area contributed by atoms with E-state index in [1.54, 1.807) is 39.7 Å². The topological polar surface area (TPSA) is 94.9 Å². The fourth-order valence-corrected chi connectivity index (χ4v) is 3.50. The summed E-state index contributed by atoms with van der Waals surface area (Å²) in [7, 11) is 4.77. The van der Waals surface area contributed by atoms with Gasteiger partial charge >= 0.3 is 0 Å². The molecular formula is C26H32N4O5. The van der Waals surface area contributed by atoms with Gasteiger partial charge in [0.2, 0.25) is 17.8 Å². The van der Waals surface area contributed by atoms with Crippen LogP contribution in [0, 0.1) is 5.92 Å². The van der Waals surface area contributed by atoms with Crippen molar-refractivity contribution in [2.45, 2.75) is 13.8 Å². The average Bonchev–Trinajstić information content (AvgIpc) is 3.29. The number of hydrogen-bond acceptors (Lipinski definition) is 6. The number of ether oxygens (including phenoxy) is 3. The Labute approximate surface area is 205 Å². The zero-order chi connectivity index (χ0) is 25.4. The summed E-state index contributed by atoms with van der Waals surface area (Å²) < 4.78 is 17.5. The van der Waals surface area contributed by atoms with Gasteiger partial charge in [0.1, 0.15) is 18.0 Å². The normalized spacial score (nSPS) is 10.8. The number of nitrogens with one attached hydrogen (secondary N) is 1. The molecule has 9 nitrogen and oxygen atoms in total. The lowest BCUT2D eigenvalue weighted by molar-refractivity contribution is -0.138. The highest BCUT2D eigenvalue weighted by atomic mass is 16.5. The molecule has 0 radical (unpaired) electrons. The molecule has 1 aromatic heterocycles. The Morgan fingerprint density at radius 1 is 1.03 bits per heavy atom. The van der Waals surface area contributed by atoms with Gasteiger partial charge in [-0.3, -0.25) is 19.5 Å². The molecule has 186 valence electrons. The fraction of sp³-hybridized carbons (Fsp3) is 0.346. The summed E-state index contributed by atoms with van der Waals surface area (Å²) >= 11 is 0. The highest BCUT2D eigenvalue weighted by Crippen LogP contribution is 2.27. The van der Waals surface area contributed by atoms with Crippen molar-refractivity contribution in [3.63, 3.8) is 0 Å². The summed E-state index contributed by atoms with van der Waals surface area (Å²) in [6.07, 6.45) is 1.84. The molecule has 0 spiro atoms. The van der Waals surface area contributed by atoms with Gasteiger partial charge in [0, 0.05) is 37.0 Å². The molecule has 0 atom stereocenters. The molecule has 0 aliphatic rings. The first-order chi connectivity index (χ1) is 16.9. The third-order valence-electron chi connectivity index (χ3n) is 5.38. The Morgan fingerprint density at radius 2 is 1.74 bits per heavy atom. The molecule has 3 rings (SSSR count). The van der Waals surface area contributed by atoms with Crippen molar-refractivity contribution in [3.8, 4) is 28.4 Å². The lowest BCUT2D eigenvalue weighted by Gasteiger charge is -2.23. The van der Waals surface area contributed by atoms with Crippen LogP contribution in [-0.2, 0) is 14.3 Å². The maximum atomic E-state index is 13.0. The molecule has 0 saturated carbocycles. The molecule has 0 aliphatic heterocycles. The van der Waals surface area contributed by atoms with Crippen LogP contribution in [-0.4, -0.2) is 67.3 Å². The molecule has 0 fully saturated rings. The average molecular weight is 481 g/mol. The van der Waals surface area contributed by atoms with Gasteiger partial charge in [-0.15, -0.1) is 0 Å². The van der Waals surface area contributed by atoms with E-state index in [1.165, 1.54) is 4.90 Å². The van der Waals surface area contributed by atoms with E-state index in [1.807, 2.05) is 54.7 Å². The van der Waals surface area contributed by atoms with Crippen LogP contribution in [0.5, 0.6) is 11.5 Å². The summed E-state index contributed by atoms with van der Waals surface area (Å²) in [6.45, 7) is 4.16. The number of carbonyl (C=O) groups is 2.